The highest BCUT2D eigenvalue weighted by atomic mass is 16.7. The molecule has 7 heteroatoms. The third-order valence-electron chi connectivity index (χ3n) is 5.80. The zero-order valence-electron chi connectivity index (χ0n) is 13.9. The Labute approximate surface area is 136 Å². The Morgan fingerprint density at radius 2 is 1.78 bits per heavy atom. The van der Waals surface area contributed by atoms with Crippen LogP contribution in [-0.4, -0.2) is 75.0 Å². The number of fused-ring (bicyclic) bond motifs is 3. The van der Waals surface area contributed by atoms with Crippen LogP contribution >= 0.6 is 0 Å². The van der Waals surface area contributed by atoms with Crippen molar-refractivity contribution in [2.75, 3.05) is 6.61 Å². The normalized spacial score (nSPS) is 52.6. The summed E-state index contributed by atoms with van der Waals surface area (Å²) < 4.78 is 17.6. The van der Waals surface area contributed by atoms with Crippen molar-refractivity contribution in [3.05, 3.63) is 0 Å². The molecule has 23 heavy (non-hydrogen) atoms. The summed E-state index contributed by atoms with van der Waals surface area (Å²) in [5.74, 6) is 0.360. The second-order valence-corrected chi connectivity index (χ2v) is 7.81. The Hall–Kier alpha value is -0.280. The number of aliphatic hydroxyl groups is 4. The molecular weight excluding hydrogens is 304 g/mol. The maximum atomic E-state index is 10.1. The molecule has 4 fully saturated rings. The lowest BCUT2D eigenvalue weighted by molar-refractivity contribution is -0.353. The molecule has 8 atom stereocenters. The third-order valence-corrected chi connectivity index (χ3v) is 5.80. The summed E-state index contributed by atoms with van der Waals surface area (Å²) in [6.45, 7) is 5.70. The fourth-order valence-corrected chi connectivity index (χ4v) is 4.22. The van der Waals surface area contributed by atoms with Crippen LogP contribution in [0.2, 0.25) is 0 Å². The monoisotopic (exact) mass is 332 g/mol. The predicted molar refractivity (Wildman–Crippen MR) is 79.6 cm³/mol. The minimum atomic E-state index is -1.42. The van der Waals surface area contributed by atoms with E-state index in [1.165, 1.54) is 0 Å². The second kappa shape index (κ2) is 5.91. The Kier molecular flexibility index (Phi) is 4.51. The molecule has 3 saturated heterocycles. The molecule has 0 radical (unpaired) electrons. The number of hydrogen-bond donors (Lipinski definition) is 4. The molecule has 134 valence electrons. The summed E-state index contributed by atoms with van der Waals surface area (Å²) in [5.41, 5.74) is -0.681. The highest BCUT2D eigenvalue weighted by Crippen LogP contribution is 2.51. The molecule has 7 nitrogen and oxygen atoms in total. The molecule has 2 bridgehead atoms. The van der Waals surface area contributed by atoms with E-state index in [0.29, 0.717) is 5.92 Å². The fourth-order valence-electron chi connectivity index (χ4n) is 4.22. The van der Waals surface area contributed by atoms with Gasteiger partial charge in [0.15, 0.2) is 6.29 Å². The zero-order chi connectivity index (χ0) is 17.0. The lowest BCUT2D eigenvalue weighted by Crippen LogP contribution is -2.65. The average Bonchev–Trinajstić information content (AvgIpc) is 2.48. The SMILES string of the molecule is CC1(C)O[C@@]2(C)CC[C@@H]1C[C@H]2O[C@@H]1O[C@@H](CO)[C@@H](O)[C@@H](O)[C@@H]1O. The van der Waals surface area contributed by atoms with E-state index in [1.807, 2.05) is 6.92 Å². The summed E-state index contributed by atoms with van der Waals surface area (Å²) in [5, 5.41) is 39.1. The standard InChI is InChI=1S/C16H28O7/c1-15(2)8-4-5-16(3,23-15)10(6-8)22-14-13(20)12(19)11(18)9(7-17)21-14/h8-14,17-20H,4-7H2,1-3H3/t8-,9+,10-,11-,12-,13+,14+,16+/m1/s1. The van der Waals surface area contributed by atoms with Crippen molar-refractivity contribution in [3.63, 3.8) is 0 Å². The van der Waals surface area contributed by atoms with Gasteiger partial charge in [-0.3, -0.25) is 0 Å². The van der Waals surface area contributed by atoms with Crippen LogP contribution in [0.4, 0.5) is 0 Å². The van der Waals surface area contributed by atoms with Crippen LogP contribution in [-0.2, 0) is 14.2 Å². The minimum absolute atomic E-state index is 0.206. The first-order chi connectivity index (χ1) is 10.7. The Morgan fingerprint density at radius 3 is 2.35 bits per heavy atom. The molecule has 4 N–H and O–H groups in total. The Morgan fingerprint density at radius 1 is 1.09 bits per heavy atom. The lowest BCUT2D eigenvalue weighted by atomic mass is 9.67. The van der Waals surface area contributed by atoms with Gasteiger partial charge in [-0.15, -0.1) is 0 Å². The highest BCUT2D eigenvalue weighted by molar-refractivity contribution is 5.04. The van der Waals surface area contributed by atoms with Gasteiger partial charge >= 0.3 is 0 Å². The van der Waals surface area contributed by atoms with Crippen LogP contribution in [0.5, 0.6) is 0 Å². The van der Waals surface area contributed by atoms with Gasteiger partial charge in [0.1, 0.15) is 24.4 Å². The summed E-state index contributed by atoms with van der Waals surface area (Å²) >= 11 is 0. The second-order valence-electron chi connectivity index (χ2n) is 7.81. The van der Waals surface area contributed by atoms with Gasteiger partial charge in [-0.1, -0.05) is 0 Å². The van der Waals surface area contributed by atoms with Crippen LogP contribution in [0.25, 0.3) is 0 Å². The van der Waals surface area contributed by atoms with Crippen LogP contribution in [0.15, 0.2) is 0 Å². The van der Waals surface area contributed by atoms with Crippen molar-refractivity contribution >= 4 is 0 Å². The first-order valence-electron chi connectivity index (χ1n) is 8.34. The van der Waals surface area contributed by atoms with Crippen molar-refractivity contribution in [2.45, 2.75) is 88.0 Å². The molecule has 4 rings (SSSR count). The molecule has 3 heterocycles. The fraction of sp³-hybridized carbons (Fsp3) is 1.00. The van der Waals surface area contributed by atoms with Crippen molar-refractivity contribution in [1.82, 2.24) is 0 Å². The first kappa shape index (κ1) is 17.5. The van der Waals surface area contributed by atoms with Gasteiger partial charge in [0.25, 0.3) is 0 Å². The van der Waals surface area contributed by atoms with Crippen LogP contribution < -0.4 is 0 Å². The number of rotatable bonds is 3. The van der Waals surface area contributed by atoms with Gasteiger partial charge < -0.3 is 34.6 Å². The van der Waals surface area contributed by atoms with Crippen LogP contribution in [0, 0.1) is 5.92 Å². The van der Waals surface area contributed by atoms with Gasteiger partial charge in [-0.25, -0.2) is 0 Å². The highest BCUT2D eigenvalue weighted by Gasteiger charge is 2.56. The van der Waals surface area contributed by atoms with E-state index < -0.39 is 42.9 Å². The van der Waals surface area contributed by atoms with Crippen LogP contribution in [0.3, 0.4) is 0 Å². The van der Waals surface area contributed by atoms with E-state index in [4.69, 9.17) is 14.2 Å². The quantitative estimate of drug-likeness (QED) is 0.554. The first-order valence-corrected chi connectivity index (χ1v) is 8.34. The summed E-state index contributed by atoms with van der Waals surface area (Å²) in [6.07, 6.45) is -3.76. The zero-order valence-corrected chi connectivity index (χ0v) is 13.9. The molecule has 0 aromatic carbocycles. The topological polar surface area (TPSA) is 109 Å². The predicted octanol–water partition coefficient (Wildman–Crippen LogP) is -0.461. The van der Waals surface area contributed by atoms with Gasteiger partial charge in [-0.05, 0) is 46.0 Å². The molecule has 0 aromatic rings. The van der Waals surface area contributed by atoms with Crippen molar-refractivity contribution in [3.8, 4) is 0 Å². The van der Waals surface area contributed by atoms with Gasteiger partial charge in [0, 0.05) is 0 Å². The molecule has 1 aliphatic carbocycles. The van der Waals surface area contributed by atoms with Crippen molar-refractivity contribution < 1.29 is 34.6 Å². The van der Waals surface area contributed by atoms with Crippen molar-refractivity contribution in [1.29, 1.82) is 0 Å². The summed E-state index contributed by atoms with van der Waals surface area (Å²) in [4.78, 5) is 0. The smallest absolute Gasteiger partial charge is 0.187 e. The maximum absolute atomic E-state index is 10.1. The summed E-state index contributed by atoms with van der Waals surface area (Å²) in [7, 11) is 0. The maximum Gasteiger partial charge on any atom is 0.187 e. The largest absolute Gasteiger partial charge is 0.394 e. The van der Waals surface area contributed by atoms with Crippen molar-refractivity contribution in [2.24, 2.45) is 5.92 Å². The molecule has 0 spiro atoms. The van der Waals surface area contributed by atoms with Crippen LogP contribution in [0.1, 0.15) is 40.0 Å². The van der Waals surface area contributed by atoms with Gasteiger partial charge in [0.05, 0.1) is 23.9 Å². The van der Waals surface area contributed by atoms with E-state index in [1.54, 1.807) is 0 Å². The van der Waals surface area contributed by atoms with Gasteiger partial charge in [0.2, 0.25) is 0 Å². The van der Waals surface area contributed by atoms with E-state index in [0.717, 1.165) is 19.3 Å². The lowest BCUT2D eigenvalue weighted by Gasteiger charge is -2.58. The molecule has 3 aliphatic heterocycles. The molecule has 0 amide bonds. The molecule has 0 unspecified atom stereocenters. The molecule has 4 aliphatic rings. The van der Waals surface area contributed by atoms with Gasteiger partial charge in [-0.2, -0.15) is 0 Å². The third kappa shape index (κ3) is 2.93. The molecule has 0 aromatic heterocycles. The van der Waals surface area contributed by atoms with E-state index in [9.17, 15) is 20.4 Å². The summed E-state index contributed by atoms with van der Waals surface area (Å²) in [6, 6.07) is 0. The Bertz CT molecular complexity index is 440. The number of aliphatic hydroxyl groups excluding tert-OH is 4. The minimum Gasteiger partial charge on any atom is -0.394 e. The van der Waals surface area contributed by atoms with E-state index in [2.05, 4.69) is 13.8 Å². The number of hydrogen-bond acceptors (Lipinski definition) is 7. The molecule has 1 saturated carbocycles. The molecular formula is C16H28O7. The average molecular weight is 332 g/mol. The van der Waals surface area contributed by atoms with E-state index >= 15 is 0 Å². The number of ether oxygens (including phenoxy) is 3. The van der Waals surface area contributed by atoms with E-state index in [-0.39, 0.29) is 11.7 Å². The Balaban J connectivity index is 1.72.